The van der Waals surface area contributed by atoms with Crippen molar-refractivity contribution in [3.05, 3.63) is 87.5 Å². The molecule has 2 fully saturated rings. The molecule has 0 aliphatic heterocycles. The lowest BCUT2D eigenvalue weighted by atomic mass is 9.75. The molecule has 2 saturated carbocycles. The fraction of sp³-hybridized carbons (Fsp3) is 0.344. The first-order valence-electron chi connectivity index (χ1n) is 14.5. The molecule has 208 valence electrons. The second kappa shape index (κ2) is 11.7. The summed E-state index contributed by atoms with van der Waals surface area (Å²) in [5, 5.41) is 15.3. The highest BCUT2D eigenvalue weighted by Gasteiger charge is 2.30. The molecular formula is C32H32N6OS2. The number of benzene rings is 2. The van der Waals surface area contributed by atoms with E-state index in [0.717, 1.165) is 28.7 Å². The van der Waals surface area contributed by atoms with Gasteiger partial charge in [-0.1, -0.05) is 97.7 Å². The lowest BCUT2D eigenvalue weighted by Crippen LogP contribution is -2.18. The maximum atomic E-state index is 13.7. The summed E-state index contributed by atoms with van der Waals surface area (Å²) in [5.41, 5.74) is 3.26. The minimum absolute atomic E-state index is 0.251. The van der Waals surface area contributed by atoms with Crippen molar-refractivity contribution in [2.24, 2.45) is 22.1 Å². The number of azo groups is 1. The number of hydrogen-bond acceptors (Lipinski definition) is 7. The van der Waals surface area contributed by atoms with Gasteiger partial charge >= 0.3 is 5.56 Å². The third kappa shape index (κ3) is 5.48. The topological polar surface area (TPSA) is 88.3 Å². The predicted octanol–water partition coefficient (Wildman–Crippen LogP) is 9.29. The summed E-state index contributed by atoms with van der Waals surface area (Å²) >= 11 is 3.01. The largest absolute Gasteiger partial charge is 0.301 e. The fourth-order valence-electron chi connectivity index (χ4n) is 6.48. The van der Waals surface area contributed by atoms with E-state index in [0.29, 0.717) is 21.9 Å². The fourth-order valence-corrected chi connectivity index (χ4v) is 8.18. The smallest absolute Gasteiger partial charge is 0.286 e. The standard InChI is InChI=1S/C32H32N6OS2/c39-30-29(35-36-31-33-19-27(41-31)24-17-15-22(16-18-24)21-9-7-8-10-21)28(25-13-5-2-6-14-25)37-38(30)32-34-26(20-40-32)23-11-3-1-4-12-23/h1-6,11-14,19-22,24,37H,7-10,15-18H2. The summed E-state index contributed by atoms with van der Waals surface area (Å²) in [7, 11) is 0. The van der Waals surface area contributed by atoms with Gasteiger partial charge in [-0.15, -0.1) is 21.6 Å². The average Bonchev–Trinajstić information content (AvgIpc) is 3.85. The van der Waals surface area contributed by atoms with Gasteiger partial charge in [-0.2, -0.15) is 4.68 Å². The van der Waals surface area contributed by atoms with E-state index in [1.807, 2.05) is 72.2 Å². The van der Waals surface area contributed by atoms with Crippen molar-refractivity contribution in [3.8, 4) is 27.6 Å². The number of aromatic amines is 1. The van der Waals surface area contributed by atoms with Crippen LogP contribution in [0.25, 0.3) is 27.6 Å². The van der Waals surface area contributed by atoms with Crippen molar-refractivity contribution in [2.75, 3.05) is 0 Å². The number of nitrogens with zero attached hydrogens (tertiary/aromatic N) is 5. The van der Waals surface area contributed by atoms with Crippen LogP contribution in [-0.4, -0.2) is 19.7 Å². The van der Waals surface area contributed by atoms with Crippen LogP contribution >= 0.6 is 22.7 Å². The summed E-state index contributed by atoms with van der Waals surface area (Å²) in [6.07, 6.45) is 12.8. The Labute approximate surface area is 247 Å². The molecule has 2 aromatic carbocycles. The van der Waals surface area contributed by atoms with E-state index in [2.05, 4.69) is 20.3 Å². The molecule has 0 unspecified atom stereocenters. The zero-order valence-electron chi connectivity index (χ0n) is 22.8. The second-order valence-corrected chi connectivity index (χ2v) is 13.0. The van der Waals surface area contributed by atoms with Gasteiger partial charge < -0.3 is 0 Å². The van der Waals surface area contributed by atoms with Gasteiger partial charge in [0.2, 0.25) is 10.3 Å². The monoisotopic (exact) mass is 580 g/mol. The van der Waals surface area contributed by atoms with E-state index < -0.39 is 0 Å². The van der Waals surface area contributed by atoms with Gasteiger partial charge in [-0.05, 0) is 43.4 Å². The van der Waals surface area contributed by atoms with Crippen LogP contribution in [0.15, 0.2) is 87.3 Å². The van der Waals surface area contributed by atoms with Crippen molar-refractivity contribution in [1.29, 1.82) is 0 Å². The first kappa shape index (κ1) is 26.2. The highest BCUT2D eigenvalue weighted by atomic mass is 32.1. The zero-order valence-corrected chi connectivity index (χ0v) is 24.4. The Morgan fingerprint density at radius 1 is 0.829 bits per heavy atom. The summed E-state index contributed by atoms with van der Waals surface area (Å²) in [6.45, 7) is 0. The molecule has 7 nitrogen and oxygen atoms in total. The predicted molar refractivity (Wildman–Crippen MR) is 166 cm³/mol. The van der Waals surface area contributed by atoms with Gasteiger partial charge in [0.1, 0.15) is 0 Å². The Morgan fingerprint density at radius 3 is 2.24 bits per heavy atom. The van der Waals surface area contributed by atoms with Crippen molar-refractivity contribution in [2.45, 2.75) is 57.3 Å². The molecule has 1 N–H and O–H groups in total. The first-order chi connectivity index (χ1) is 20.2. The molecule has 0 atom stereocenters. The van der Waals surface area contributed by atoms with Gasteiger partial charge in [-0.25, -0.2) is 9.97 Å². The number of hydrogen-bond donors (Lipinski definition) is 1. The maximum Gasteiger partial charge on any atom is 0.301 e. The Morgan fingerprint density at radius 2 is 1.51 bits per heavy atom. The minimum atomic E-state index is -0.288. The van der Waals surface area contributed by atoms with Crippen LogP contribution in [0.2, 0.25) is 0 Å². The summed E-state index contributed by atoms with van der Waals surface area (Å²) in [5.74, 6) is 2.43. The van der Waals surface area contributed by atoms with Crippen molar-refractivity contribution >= 4 is 33.5 Å². The lowest BCUT2D eigenvalue weighted by molar-refractivity contribution is 0.236. The van der Waals surface area contributed by atoms with Crippen LogP contribution < -0.4 is 5.56 Å². The van der Waals surface area contributed by atoms with Crippen molar-refractivity contribution in [1.82, 2.24) is 19.7 Å². The van der Waals surface area contributed by atoms with E-state index in [9.17, 15) is 4.79 Å². The van der Waals surface area contributed by atoms with Gasteiger partial charge in [0, 0.05) is 27.6 Å². The van der Waals surface area contributed by atoms with Crippen LogP contribution in [0.3, 0.4) is 0 Å². The second-order valence-electron chi connectivity index (χ2n) is 11.1. The van der Waals surface area contributed by atoms with E-state index in [4.69, 9.17) is 4.98 Å². The molecule has 0 bridgehead atoms. The molecule has 41 heavy (non-hydrogen) atoms. The van der Waals surface area contributed by atoms with Gasteiger partial charge in [-0.3, -0.25) is 9.89 Å². The first-order valence-corrected chi connectivity index (χ1v) is 16.2. The van der Waals surface area contributed by atoms with Crippen LogP contribution in [-0.2, 0) is 0 Å². The van der Waals surface area contributed by atoms with E-state index in [-0.39, 0.29) is 11.2 Å². The third-order valence-electron chi connectivity index (χ3n) is 8.67. The van der Waals surface area contributed by atoms with E-state index in [1.54, 1.807) is 11.3 Å². The average molecular weight is 581 g/mol. The van der Waals surface area contributed by atoms with Crippen molar-refractivity contribution < 1.29 is 0 Å². The van der Waals surface area contributed by atoms with Gasteiger partial charge in [0.15, 0.2) is 5.69 Å². The molecule has 2 aliphatic rings. The Bertz CT molecular complexity index is 1690. The summed E-state index contributed by atoms with van der Waals surface area (Å²) in [6, 6.07) is 19.7. The Balaban J connectivity index is 1.14. The molecule has 0 amide bonds. The Hall–Kier alpha value is -3.69. The minimum Gasteiger partial charge on any atom is -0.286 e. The van der Waals surface area contributed by atoms with Crippen LogP contribution in [0.4, 0.5) is 10.8 Å². The van der Waals surface area contributed by atoms with E-state index in [1.165, 1.54) is 72.3 Å². The van der Waals surface area contributed by atoms with Gasteiger partial charge in [0.25, 0.3) is 0 Å². The quantitative estimate of drug-likeness (QED) is 0.195. The molecule has 3 aromatic heterocycles. The third-order valence-corrected chi connectivity index (χ3v) is 10.5. The molecule has 5 aromatic rings. The van der Waals surface area contributed by atoms with Crippen LogP contribution in [0.1, 0.15) is 62.2 Å². The summed E-state index contributed by atoms with van der Waals surface area (Å²) in [4.78, 5) is 24.2. The normalized spacial score (nSPS) is 19.8. The molecule has 0 saturated heterocycles. The highest BCUT2D eigenvalue weighted by Crippen LogP contribution is 2.45. The Kier molecular flexibility index (Phi) is 7.46. The van der Waals surface area contributed by atoms with Crippen molar-refractivity contribution in [3.63, 3.8) is 0 Å². The van der Waals surface area contributed by atoms with Gasteiger partial charge in [0.05, 0.1) is 11.4 Å². The maximum absolute atomic E-state index is 13.7. The number of aromatic nitrogens is 4. The molecule has 0 spiro atoms. The lowest BCUT2D eigenvalue weighted by Gasteiger charge is -2.31. The SMILES string of the molecule is O=c1c(N=Nc2ncc(C3CCC(C4CCCC4)CC3)s2)c(-c2ccccc2)[nH]n1-c1nc(-c2ccccc2)cs1. The molecule has 9 heteroatoms. The summed E-state index contributed by atoms with van der Waals surface area (Å²) < 4.78 is 1.46. The molecule has 0 radical (unpaired) electrons. The molecular weight excluding hydrogens is 549 g/mol. The van der Waals surface area contributed by atoms with E-state index >= 15 is 0 Å². The van der Waals surface area contributed by atoms with Crippen LogP contribution in [0.5, 0.6) is 0 Å². The zero-order chi connectivity index (χ0) is 27.6. The highest BCUT2D eigenvalue weighted by molar-refractivity contribution is 7.15. The number of rotatable bonds is 7. The molecule has 2 aliphatic carbocycles. The molecule has 3 heterocycles. The number of nitrogens with one attached hydrogen (secondary N) is 1. The number of H-pyrrole nitrogens is 1. The molecule has 7 rings (SSSR count). The number of thiazole rings is 2. The van der Waals surface area contributed by atoms with Crippen LogP contribution in [0, 0.1) is 11.8 Å².